The van der Waals surface area contributed by atoms with Crippen molar-refractivity contribution < 1.29 is 23.7 Å². The predicted octanol–water partition coefficient (Wildman–Crippen LogP) is 5.50. The van der Waals surface area contributed by atoms with E-state index in [1.807, 2.05) is 25.1 Å². The zero-order valence-corrected chi connectivity index (χ0v) is 25.1. The van der Waals surface area contributed by atoms with Crippen LogP contribution in [0.5, 0.6) is 11.6 Å². The number of hydrogen-bond acceptors (Lipinski definition) is 8. The average Bonchev–Trinajstić information content (AvgIpc) is 3.61. The first-order valence-corrected chi connectivity index (χ1v) is 15.8. The molecule has 4 aromatic rings. The SMILES string of the molecule is CCc1cccc2cc(O)cc(-c3nc(OC)c4c(N5CC6CCC(C5)C6O)nc([C@@]56CCCN5C[C@H](F)C6)nc4c3F)c12. The van der Waals surface area contributed by atoms with Crippen molar-refractivity contribution in [3.63, 3.8) is 0 Å². The molecule has 2 N–H and O–H groups in total. The molecule has 4 aliphatic rings. The van der Waals surface area contributed by atoms with E-state index in [2.05, 4.69) is 9.80 Å². The number of phenolic OH excluding ortho intramolecular Hbond substituents is 1. The van der Waals surface area contributed by atoms with Crippen LogP contribution < -0.4 is 9.64 Å². The van der Waals surface area contributed by atoms with E-state index in [9.17, 15) is 14.6 Å². The summed E-state index contributed by atoms with van der Waals surface area (Å²) in [7, 11) is 1.50. The minimum atomic E-state index is -1.00. The molecule has 2 bridgehead atoms. The molecule has 2 unspecified atom stereocenters. The Kier molecular flexibility index (Phi) is 6.47. The monoisotopic (exact) mass is 601 g/mol. The summed E-state index contributed by atoms with van der Waals surface area (Å²) < 4.78 is 38.0. The van der Waals surface area contributed by atoms with Gasteiger partial charge < -0.3 is 19.8 Å². The molecule has 2 aromatic carbocycles. The average molecular weight is 602 g/mol. The van der Waals surface area contributed by atoms with E-state index in [1.54, 1.807) is 12.1 Å². The first-order valence-electron chi connectivity index (χ1n) is 15.8. The summed E-state index contributed by atoms with van der Waals surface area (Å²) in [5.74, 6) is 0.731. The second kappa shape index (κ2) is 10.2. The third-order valence-corrected chi connectivity index (χ3v) is 10.7. The van der Waals surface area contributed by atoms with Crippen LogP contribution in [0.2, 0.25) is 0 Å². The Hall–Kier alpha value is -3.63. The Labute approximate surface area is 254 Å². The highest BCUT2D eigenvalue weighted by Gasteiger charge is 2.52. The van der Waals surface area contributed by atoms with Gasteiger partial charge in [-0.3, -0.25) is 4.90 Å². The molecule has 4 fully saturated rings. The fraction of sp³-hybridized carbons (Fsp3) is 0.500. The highest BCUT2D eigenvalue weighted by Crippen LogP contribution is 2.49. The molecule has 3 saturated heterocycles. The number of aryl methyl sites for hydroxylation is 1. The predicted molar refractivity (Wildman–Crippen MR) is 164 cm³/mol. The lowest BCUT2D eigenvalue weighted by molar-refractivity contribution is 0.0790. The van der Waals surface area contributed by atoms with Crippen LogP contribution in [0.4, 0.5) is 14.6 Å². The Balaban J connectivity index is 1.42. The molecule has 8 nitrogen and oxygen atoms in total. The number of ether oxygens (including phenoxy) is 1. The van der Waals surface area contributed by atoms with Crippen LogP contribution in [-0.2, 0) is 12.0 Å². The number of aliphatic hydroxyl groups excluding tert-OH is 1. The Morgan fingerprint density at radius 3 is 2.61 bits per heavy atom. The lowest BCUT2D eigenvalue weighted by atomic mass is 9.91. The molecule has 5 heterocycles. The summed E-state index contributed by atoms with van der Waals surface area (Å²) in [5.41, 5.74) is 0.883. The van der Waals surface area contributed by atoms with Crippen LogP contribution in [0.25, 0.3) is 32.9 Å². The van der Waals surface area contributed by atoms with Crippen LogP contribution >= 0.6 is 0 Å². The number of anilines is 1. The lowest BCUT2D eigenvalue weighted by Crippen LogP contribution is -2.45. The van der Waals surface area contributed by atoms with Crippen LogP contribution in [0.3, 0.4) is 0 Å². The quantitative estimate of drug-likeness (QED) is 0.310. The molecule has 3 aliphatic heterocycles. The van der Waals surface area contributed by atoms with E-state index in [0.29, 0.717) is 55.1 Å². The zero-order valence-electron chi connectivity index (χ0n) is 25.1. The van der Waals surface area contributed by atoms with E-state index in [0.717, 1.165) is 42.1 Å². The summed E-state index contributed by atoms with van der Waals surface area (Å²) >= 11 is 0. The number of nitrogens with zero attached hydrogens (tertiary/aromatic N) is 5. The van der Waals surface area contributed by atoms with Crippen LogP contribution in [-0.4, -0.2) is 75.6 Å². The molecule has 0 amide bonds. The van der Waals surface area contributed by atoms with Gasteiger partial charge in [-0.05, 0) is 67.1 Å². The molecule has 0 radical (unpaired) electrons. The standard InChI is InChI=1S/C34H37F2N5O3/c1-3-18-6-4-7-19-12-23(42)13-24(25(18)19)28-27(36)29-26(32(37-28)44-2)31(40-15-20-8-9-21(16-40)30(20)43)39-33(38-29)34-10-5-11-41(34)17-22(35)14-34/h4,6-7,12-13,20-22,30,42-43H,3,5,8-11,14-17H2,1-2H3/t20?,21?,22-,30?,34+/m1/s1. The molecule has 1 aliphatic carbocycles. The fourth-order valence-electron chi connectivity index (χ4n) is 8.67. The Morgan fingerprint density at radius 2 is 1.86 bits per heavy atom. The summed E-state index contributed by atoms with van der Waals surface area (Å²) in [6.45, 7) is 4.26. The van der Waals surface area contributed by atoms with E-state index in [4.69, 9.17) is 19.7 Å². The number of benzene rings is 2. The number of methoxy groups -OCH3 is 1. The zero-order chi connectivity index (χ0) is 30.3. The van der Waals surface area contributed by atoms with Gasteiger partial charge >= 0.3 is 0 Å². The van der Waals surface area contributed by atoms with Gasteiger partial charge in [0.1, 0.15) is 34.3 Å². The number of phenols is 1. The first-order chi connectivity index (χ1) is 21.3. The normalized spacial score (nSPS) is 28.3. The number of aliphatic hydroxyl groups is 1. The van der Waals surface area contributed by atoms with Crippen LogP contribution in [0.1, 0.15) is 50.4 Å². The van der Waals surface area contributed by atoms with Gasteiger partial charge in [-0.2, -0.15) is 0 Å². The highest BCUT2D eigenvalue weighted by molar-refractivity contribution is 6.03. The van der Waals surface area contributed by atoms with Crippen molar-refractivity contribution in [2.24, 2.45) is 11.8 Å². The van der Waals surface area contributed by atoms with Crippen molar-refractivity contribution in [3.8, 4) is 22.9 Å². The van der Waals surface area contributed by atoms with E-state index < -0.39 is 17.5 Å². The van der Waals surface area contributed by atoms with Crippen LogP contribution in [0.15, 0.2) is 30.3 Å². The number of hydrogen-bond donors (Lipinski definition) is 2. The second-order valence-electron chi connectivity index (χ2n) is 13.1. The number of aromatic nitrogens is 3. The van der Waals surface area contributed by atoms with E-state index in [-0.39, 0.29) is 47.2 Å². The number of aromatic hydroxyl groups is 1. The molecule has 1 saturated carbocycles. The molecule has 2 aromatic heterocycles. The van der Waals surface area contributed by atoms with Crippen molar-refractivity contribution in [2.45, 2.75) is 63.3 Å². The molecule has 44 heavy (non-hydrogen) atoms. The van der Waals surface area contributed by atoms with E-state index >= 15 is 4.39 Å². The number of pyridine rings is 1. The van der Waals surface area contributed by atoms with Crippen molar-refractivity contribution in [2.75, 3.05) is 38.2 Å². The van der Waals surface area contributed by atoms with Gasteiger partial charge in [-0.15, -0.1) is 0 Å². The van der Waals surface area contributed by atoms with Gasteiger partial charge in [0.2, 0.25) is 5.88 Å². The highest BCUT2D eigenvalue weighted by atomic mass is 19.1. The number of piperidine rings is 1. The van der Waals surface area contributed by atoms with Crippen molar-refractivity contribution >= 4 is 27.5 Å². The summed E-state index contributed by atoms with van der Waals surface area (Å²) in [4.78, 5) is 19.1. The van der Waals surface area contributed by atoms with Crippen LogP contribution in [0, 0.1) is 17.7 Å². The summed E-state index contributed by atoms with van der Waals surface area (Å²) in [6.07, 6.45) is 3.08. The molecule has 10 heteroatoms. The molecular formula is C34H37F2N5O3. The van der Waals surface area contributed by atoms with Crippen molar-refractivity contribution in [3.05, 3.63) is 47.5 Å². The topological polar surface area (TPSA) is 94.8 Å². The third-order valence-electron chi connectivity index (χ3n) is 10.7. The fourth-order valence-corrected chi connectivity index (χ4v) is 8.67. The van der Waals surface area contributed by atoms with Crippen molar-refractivity contribution in [1.82, 2.24) is 19.9 Å². The largest absolute Gasteiger partial charge is 0.508 e. The maximum Gasteiger partial charge on any atom is 0.227 e. The van der Waals surface area contributed by atoms with Gasteiger partial charge in [0.15, 0.2) is 11.6 Å². The van der Waals surface area contributed by atoms with Crippen molar-refractivity contribution in [1.29, 1.82) is 0 Å². The molecular weight excluding hydrogens is 564 g/mol. The molecule has 230 valence electrons. The number of rotatable bonds is 5. The summed E-state index contributed by atoms with van der Waals surface area (Å²) in [5, 5.41) is 23.5. The minimum Gasteiger partial charge on any atom is -0.508 e. The number of halogens is 2. The number of alkyl halides is 1. The van der Waals surface area contributed by atoms with Gasteiger partial charge in [0, 0.05) is 43.5 Å². The maximum absolute atomic E-state index is 17.2. The number of fused-ring (bicyclic) bond motifs is 5. The summed E-state index contributed by atoms with van der Waals surface area (Å²) in [6, 6.07) is 9.04. The van der Waals surface area contributed by atoms with E-state index in [1.165, 1.54) is 7.11 Å². The van der Waals surface area contributed by atoms with Gasteiger partial charge in [-0.1, -0.05) is 25.1 Å². The Morgan fingerprint density at radius 1 is 1.07 bits per heavy atom. The third kappa shape index (κ3) is 4.03. The van der Waals surface area contributed by atoms with Gasteiger partial charge in [-0.25, -0.2) is 23.7 Å². The Bertz CT molecular complexity index is 1790. The molecule has 8 rings (SSSR count). The van der Waals surface area contributed by atoms with Gasteiger partial charge in [0.25, 0.3) is 0 Å². The molecule has 0 spiro atoms. The lowest BCUT2D eigenvalue weighted by Gasteiger charge is -2.38. The van der Waals surface area contributed by atoms with Gasteiger partial charge in [0.05, 0.1) is 18.8 Å². The molecule has 4 atom stereocenters. The smallest absolute Gasteiger partial charge is 0.227 e. The first kappa shape index (κ1) is 27.9. The maximum atomic E-state index is 17.2. The second-order valence-corrected chi connectivity index (χ2v) is 13.1. The minimum absolute atomic E-state index is 0.00728.